The van der Waals surface area contributed by atoms with Gasteiger partial charge in [0, 0.05) is 17.6 Å². The molecule has 0 radical (unpaired) electrons. The number of carbonyl (C=O) groups is 1. The number of nitrogens with two attached hydrogens (primary N) is 1. The normalized spacial score (nSPS) is 11.7. The largest absolute Gasteiger partial charge is 0.471 e. The van der Waals surface area contributed by atoms with E-state index in [1.165, 1.54) is 19.2 Å². The number of benzene rings is 1. The molecule has 0 fully saturated rings. The summed E-state index contributed by atoms with van der Waals surface area (Å²) in [5.74, 6) is 4.32. The Bertz CT molecular complexity index is 482. The zero-order chi connectivity index (χ0) is 14.4. The van der Waals surface area contributed by atoms with Gasteiger partial charge in [-0.3, -0.25) is 20.3 Å². The molecule has 1 aromatic rings. The van der Waals surface area contributed by atoms with Crippen LogP contribution in [0.5, 0.6) is 5.75 Å². The van der Waals surface area contributed by atoms with Gasteiger partial charge < -0.3 is 9.47 Å². The first-order valence-corrected chi connectivity index (χ1v) is 5.89. The average molecular weight is 334 g/mol. The lowest BCUT2D eigenvalue weighted by Gasteiger charge is -2.16. The Labute approximate surface area is 117 Å². The van der Waals surface area contributed by atoms with E-state index < -0.39 is 16.9 Å². The van der Waals surface area contributed by atoms with Crippen LogP contribution in [0, 0.1) is 10.1 Å². The van der Waals surface area contributed by atoms with E-state index in [9.17, 15) is 14.9 Å². The van der Waals surface area contributed by atoms with E-state index in [-0.39, 0.29) is 18.0 Å². The lowest BCUT2D eigenvalue weighted by molar-refractivity contribution is -0.386. The maximum absolute atomic E-state index is 11.4. The van der Waals surface area contributed by atoms with Gasteiger partial charge in [0.1, 0.15) is 0 Å². The monoisotopic (exact) mass is 333 g/mol. The Morgan fingerprint density at radius 3 is 2.84 bits per heavy atom. The quantitative estimate of drug-likeness (QED) is 0.343. The van der Waals surface area contributed by atoms with E-state index in [2.05, 4.69) is 15.9 Å². The van der Waals surface area contributed by atoms with Crippen LogP contribution in [0.1, 0.15) is 0 Å². The minimum atomic E-state index is -1.07. The Kier molecular flexibility index (Phi) is 5.67. The maximum Gasteiger partial charge on any atom is 0.312 e. The van der Waals surface area contributed by atoms with Gasteiger partial charge in [-0.15, -0.1) is 0 Å². The third-order valence-electron chi connectivity index (χ3n) is 2.14. The zero-order valence-corrected chi connectivity index (χ0v) is 11.5. The van der Waals surface area contributed by atoms with Crippen molar-refractivity contribution in [2.45, 2.75) is 6.10 Å². The van der Waals surface area contributed by atoms with Crippen molar-refractivity contribution in [2.24, 2.45) is 5.84 Å². The van der Waals surface area contributed by atoms with E-state index >= 15 is 0 Å². The summed E-state index contributed by atoms with van der Waals surface area (Å²) in [6.45, 7) is -0.0871. The summed E-state index contributed by atoms with van der Waals surface area (Å²) in [4.78, 5) is 21.7. The maximum atomic E-state index is 11.4. The average Bonchev–Trinajstić information content (AvgIpc) is 2.38. The number of amides is 1. The van der Waals surface area contributed by atoms with Crippen LogP contribution in [-0.2, 0) is 9.53 Å². The lowest BCUT2D eigenvalue weighted by Crippen LogP contribution is -2.44. The van der Waals surface area contributed by atoms with Crippen molar-refractivity contribution in [2.75, 3.05) is 13.7 Å². The number of nitro groups is 1. The van der Waals surface area contributed by atoms with Gasteiger partial charge in [0.15, 0.2) is 5.75 Å². The second-order valence-electron chi connectivity index (χ2n) is 3.44. The molecule has 0 bridgehead atoms. The molecular formula is C10H12BrN3O5. The highest BCUT2D eigenvalue weighted by molar-refractivity contribution is 9.10. The van der Waals surface area contributed by atoms with Gasteiger partial charge in [-0.1, -0.05) is 15.9 Å². The molecular weight excluding hydrogens is 322 g/mol. The van der Waals surface area contributed by atoms with Gasteiger partial charge in [-0.25, -0.2) is 5.84 Å². The number of hydrogen-bond acceptors (Lipinski definition) is 6. The molecule has 1 unspecified atom stereocenters. The molecule has 9 heteroatoms. The van der Waals surface area contributed by atoms with Crippen molar-refractivity contribution in [3.63, 3.8) is 0 Å². The molecule has 19 heavy (non-hydrogen) atoms. The minimum Gasteiger partial charge on any atom is -0.471 e. The van der Waals surface area contributed by atoms with Gasteiger partial charge in [0.05, 0.1) is 11.5 Å². The number of nitrogens with one attached hydrogen (secondary N) is 1. The van der Waals surface area contributed by atoms with E-state index in [1.807, 2.05) is 5.43 Å². The number of nitrogens with zero attached hydrogens (tertiary/aromatic N) is 1. The summed E-state index contributed by atoms with van der Waals surface area (Å²) in [5.41, 5.74) is 1.64. The first-order chi connectivity index (χ1) is 8.99. The summed E-state index contributed by atoms with van der Waals surface area (Å²) < 4.78 is 10.6. The van der Waals surface area contributed by atoms with Crippen LogP contribution in [0.4, 0.5) is 5.69 Å². The predicted octanol–water partition coefficient (Wildman–Crippen LogP) is 0.741. The fraction of sp³-hybridized carbons (Fsp3) is 0.300. The number of ether oxygens (including phenoxy) is 2. The van der Waals surface area contributed by atoms with Crippen LogP contribution in [-0.4, -0.2) is 30.7 Å². The fourth-order valence-electron chi connectivity index (χ4n) is 1.29. The van der Waals surface area contributed by atoms with Crippen molar-refractivity contribution in [3.05, 3.63) is 32.8 Å². The van der Waals surface area contributed by atoms with Crippen molar-refractivity contribution >= 4 is 27.5 Å². The Balaban J connectivity index is 3.02. The van der Waals surface area contributed by atoms with E-state index in [0.717, 1.165) is 0 Å². The Morgan fingerprint density at radius 1 is 1.63 bits per heavy atom. The second-order valence-corrected chi connectivity index (χ2v) is 4.36. The number of nitro benzene ring substituents is 1. The molecule has 0 spiro atoms. The Morgan fingerprint density at radius 2 is 2.32 bits per heavy atom. The molecule has 0 aliphatic rings. The van der Waals surface area contributed by atoms with E-state index in [1.54, 1.807) is 6.07 Å². The van der Waals surface area contributed by atoms with Crippen LogP contribution in [0.15, 0.2) is 22.7 Å². The predicted molar refractivity (Wildman–Crippen MR) is 69.4 cm³/mol. The van der Waals surface area contributed by atoms with Gasteiger partial charge in [0.25, 0.3) is 5.91 Å². The fourth-order valence-corrected chi connectivity index (χ4v) is 1.64. The molecule has 1 amide bonds. The molecule has 0 saturated heterocycles. The van der Waals surface area contributed by atoms with Gasteiger partial charge in [-0.05, 0) is 12.1 Å². The molecule has 1 atom stereocenters. The third kappa shape index (κ3) is 4.16. The Hall–Kier alpha value is -1.71. The highest BCUT2D eigenvalue weighted by Gasteiger charge is 2.24. The van der Waals surface area contributed by atoms with Crippen LogP contribution in [0.25, 0.3) is 0 Å². The smallest absolute Gasteiger partial charge is 0.312 e. The van der Waals surface area contributed by atoms with Crippen molar-refractivity contribution in [1.29, 1.82) is 0 Å². The minimum absolute atomic E-state index is 0.0427. The first kappa shape index (κ1) is 15.3. The third-order valence-corrected chi connectivity index (χ3v) is 2.63. The summed E-state index contributed by atoms with van der Waals surface area (Å²) in [6.07, 6.45) is -1.07. The lowest BCUT2D eigenvalue weighted by atomic mass is 10.3. The van der Waals surface area contributed by atoms with Crippen LogP contribution in [0.2, 0.25) is 0 Å². The van der Waals surface area contributed by atoms with Gasteiger partial charge in [-0.2, -0.15) is 0 Å². The molecule has 0 saturated carbocycles. The molecule has 1 rings (SSSR count). The van der Waals surface area contributed by atoms with Gasteiger partial charge in [0.2, 0.25) is 6.10 Å². The summed E-state index contributed by atoms with van der Waals surface area (Å²) in [7, 11) is 1.37. The zero-order valence-electron chi connectivity index (χ0n) is 9.96. The van der Waals surface area contributed by atoms with Crippen LogP contribution in [0.3, 0.4) is 0 Å². The number of hydrazine groups is 1. The highest BCUT2D eigenvalue weighted by atomic mass is 79.9. The molecule has 3 N–H and O–H groups in total. The molecule has 0 aliphatic heterocycles. The van der Waals surface area contributed by atoms with Crippen molar-refractivity contribution in [3.8, 4) is 5.75 Å². The number of hydrogen-bond donors (Lipinski definition) is 2. The highest BCUT2D eigenvalue weighted by Crippen LogP contribution is 2.30. The van der Waals surface area contributed by atoms with E-state index in [0.29, 0.717) is 4.47 Å². The number of carbonyl (C=O) groups excluding carboxylic acids is 1. The molecule has 0 aromatic heterocycles. The number of halogens is 1. The molecule has 0 heterocycles. The first-order valence-electron chi connectivity index (χ1n) is 5.09. The second kappa shape index (κ2) is 7.02. The number of rotatable bonds is 6. The van der Waals surface area contributed by atoms with Crippen LogP contribution < -0.4 is 16.0 Å². The summed E-state index contributed by atoms with van der Waals surface area (Å²) in [5, 5.41) is 10.9. The number of methoxy groups -OCH3 is 1. The standard InChI is InChI=1S/C10H12BrN3O5/c1-18-5-9(10(15)13-12)19-8-3-2-6(11)4-7(8)14(16)17/h2-4,9H,5,12H2,1H3,(H,13,15). The van der Waals surface area contributed by atoms with Crippen molar-refractivity contribution in [1.82, 2.24) is 5.43 Å². The summed E-state index contributed by atoms with van der Waals surface area (Å²) >= 11 is 3.12. The topological polar surface area (TPSA) is 117 Å². The summed E-state index contributed by atoms with van der Waals surface area (Å²) in [6, 6.07) is 4.22. The van der Waals surface area contributed by atoms with Gasteiger partial charge >= 0.3 is 5.69 Å². The molecule has 8 nitrogen and oxygen atoms in total. The van der Waals surface area contributed by atoms with Crippen LogP contribution >= 0.6 is 15.9 Å². The van der Waals surface area contributed by atoms with Crippen molar-refractivity contribution < 1.29 is 19.2 Å². The van der Waals surface area contributed by atoms with E-state index in [4.69, 9.17) is 15.3 Å². The molecule has 1 aromatic carbocycles. The molecule has 0 aliphatic carbocycles. The molecule has 104 valence electrons. The SMILES string of the molecule is COCC(Oc1ccc(Br)cc1[N+](=O)[O-])C(=O)NN.